The Morgan fingerprint density at radius 2 is 2.35 bits per heavy atom. The van der Waals surface area contributed by atoms with Gasteiger partial charge in [-0.05, 0) is 26.7 Å². The molecule has 8 heteroatoms. The van der Waals surface area contributed by atoms with E-state index in [-0.39, 0.29) is 29.9 Å². The van der Waals surface area contributed by atoms with Crippen molar-refractivity contribution in [2.24, 2.45) is 0 Å². The van der Waals surface area contributed by atoms with Crippen LogP contribution < -0.4 is 5.32 Å². The fourth-order valence-electron chi connectivity index (χ4n) is 2.13. The number of amides is 1. The van der Waals surface area contributed by atoms with E-state index in [9.17, 15) is 9.59 Å². The minimum absolute atomic E-state index is 0.0271. The molecule has 2 heterocycles. The number of rotatable bonds is 5. The number of aromatic carboxylic acids is 1. The molecule has 1 amide bonds. The molecule has 1 fully saturated rings. The summed E-state index contributed by atoms with van der Waals surface area (Å²) < 4.78 is 6.95. The quantitative estimate of drug-likeness (QED) is 0.790. The molecule has 0 aliphatic carbocycles. The Labute approximate surface area is 116 Å². The van der Waals surface area contributed by atoms with Crippen LogP contribution in [0.1, 0.15) is 37.2 Å². The first-order valence-electron chi connectivity index (χ1n) is 6.44. The Bertz CT molecular complexity index is 511. The van der Waals surface area contributed by atoms with Gasteiger partial charge in [0.1, 0.15) is 6.54 Å². The van der Waals surface area contributed by atoms with Crippen LogP contribution in [0.5, 0.6) is 0 Å². The molecular formula is C12H18N4O4. The fraction of sp³-hybridized carbons (Fsp3) is 0.667. The molecule has 1 aromatic heterocycles. The maximum Gasteiger partial charge on any atom is 0.358 e. The number of hydrogen-bond acceptors (Lipinski definition) is 5. The van der Waals surface area contributed by atoms with Gasteiger partial charge >= 0.3 is 5.97 Å². The Balaban J connectivity index is 1.76. The monoisotopic (exact) mass is 282 g/mol. The van der Waals surface area contributed by atoms with Gasteiger partial charge in [-0.1, -0.05) is 5.21 Å². The van der Waals surface area contributed by atoms with E-state index in [1.54, 1.807) is 0 Å². The normalized spacial score (nSPS) is 20.8. The highest BCUT2D eigenvalue weighted by Gasteiger charge is 2.31. The van der Waals surface area contributed by atoms with Gasteiger partial charge in [-0.2, -0.15) is 0 Å². The van der Waals surface area contributed by atoms with Gasteiger partial charge in [-0.15, -0.1) is 5.10 Å². The Morgan fingerprint density at radius 1 is 1.60 bits per heavy atom. The zero-order valence-corrected chi connectivity index (χ0v) is 11.5. The third-order valence-electron chi connectivity index (χ3n) is 3.14. The molecule has 0 aromatic carbocycles. The Kier molecular flexibility index (Phi) is 4.03. The molecule has 0 saturated carbocycles. The number of ether oxygens (including phenoxy) is 1. The molecule has 2 rings (SSSR count). The van der Waals surface area contributed by atoms with Crippen molar-refractivity contribution >= 4 is 11.9 Å². The minimum atomic E-state index is -1.17. The molecule has 8 nitrogen and oxygen atoms in total. The second-order valence-electron chi connectivity index (χ2n) is 5.45. The number of aromatic nitrogens is 3. The molecule has 1 aliphatic rings. The average Bonchev–Trinajstić information content (AvgIpc) is 2.93. The summed E-state index contributed by atoms with van der Waals surface area (Å²) in [5, 5.41) is 18.5. The number of carboxylic acid groups (broad SMARTS) is 1. The molecule has 1 aromatic rings. The summed E-state index contributed by atoms with van der Waals surface area (Å²) in [6.45, 7) is 4.44. The molecular weight excluding hydrogens is 264 g/mol. The van der Waals surface area contributed by atoms with Crippen molar-refractivity contribution in [3.63, 3.8) is 0 Å². The topological polar surface area (TPSA) is 106 Å². The fourth-order valence-corrected chi connectivity index (χ4v) is 2.13. The summed E-state index contributed by atoms with van der Waals surface area (Å²) in [6, 6.07) is 0. The number of hydrogen-bond donors (Lipinski definition) is 2. The smallest absolute Gasteiger partial charge is 0.358 e. The number of nitrogens with zero attached hydrogens (tertiary/aromatic N) is 3. The van der Waals surface area contributed by atoms with Gasteiger partial charge in [-0.3, -0.25) is 4.79 Å². The first-order valence-corrected chi connectivity index (χ1v) is 6.44. The number of nitrogens with one attached hydrogen (secondary N) is 1. The summed E-state index contributed by atoms with van der Waals surface area (Å²) >= 11 is 0. The van der Waals surface area contributed by atoms with Crippen molar-refractivity contribution in [1.29, 1.82) is 0 Å². The van der Waals surface area contributed by atoms with E-state index >= 15 is 0 Å². The van der Waals surface area contributed by atoms with Crippen LogP contribution in [0, 0.1) is 0 Å². The molecule has 1 aliphatic heterocycles. The molecule has 0 radical (unpaired) electrons. The maximum atomic E-state index is 11.7. The van der Waals surface area contributed by atoms with Crippen LogP contribution in [0.25, 0.3) is 0 Å². The van der Waals surface area contributed by atoms with Gasteiger partial charge in [0.2, 0.25) is 5.91 Å². The lowest BCUT2D eigenvalue weighted by atomic mass is 10.1. The largest absolute Gasteiger partial charge is 0.476 e. The average molecular weight is 282 g/mol. The van der Waals surface area contributed by atoms with Crippen molar-refractivity contribution in [2.45, 2.75) is 44.9 Å². The predicted molar refractivity (Wildman–Crippen MR) is 68.2 cm³/mol. The van der Waals surface area contributed by atoms with Crippen LogP contribution in [-0.2, 0) is 16.1 Å². The molecule has 1 atom stereocenters. The van der Waals surface area contributed by atoms with Crippen LogP contribution in [-0.4, -0.2) is 50.2 Å². The van der Waals surface area contributed by atoms with Gasteiger partial charge < -0.3 is 15.2 Å². The van der Waals surface area contributed by atoms with E-state index in [4.69, 9.17) is 9.84 Å². The van der Waals surface area contributed by atoms with Crippen LogP contribution in [0.2, 0.25) is 0 Å². The van der Waals surface area contributed by atoms with Crippen LogP contribution in [0.4, 0.5) is 0 Å². The van der Waals surface area contributed by atoms with Crippen molar-refractivity contribution in [3.8, 4) is 0 Å². The van der Waals surface area contributed by atoms with E-state index < -0.39 is 5.97 Å². The molecule has 0 spiro atoms. The van der Waals surface area contributed by atoms with Crippen LogP contribution in [0.15, 0.2) is 6.20 Å². The summed E-state index contributed by atoms with van der Waals surface area (Å²) in [7, 11) is 0. The zero-order chi connectivity index (χ0) is 14.8. The van der Waals surface area contributed by atoms with E-state index in [1.165, 1.54) is 10.9 Å². The van der Waals surface area contributed by atoms with E-state index in [2.05, 4.69) is 15.6 Å². The third-order valence-corrected chi connectivity index (χ3v) is 3.14. The highest BCUT2D eigenvalue weighted by Crippen LogP contribution is 2.28. The molecule has 1 saturated heterocycles. The van der Waals surface area contributed by atoms with Crippen LogP contribution >= 0.6 is 0 Å². The molecule has 110 valence electrons. The van der Waals surface area contributed by atoms with Gasteiger partial charge in [0, 0.05) is 6.54 Å². The molecule has 0 bridgehead atoms. The Hall–Kier alpha value is -1.96. The van der Waals surface area contributed by atoms with E-state index in [1.807, 2.05) is 13.8 Å². The summed E-state index contributed by atoms with van der Waals surface area (Å²) in [5.41, 5.74) is -0.309. The zero-order valence-electron chi connectivity index (χ0n) is 11.5. The van der Waals surface area contributed by atoms with Crippen molar-refractivity contribution < 1.29 is 19.4 Å². The lowest BCUT2D eigenvalue weighted by Gasteiger charge is -2.19. The molecule has 1 unspecified atom stereocenters. The van der Waals surface area contributed by atoms with Crippen molar-refractivity contribution in [3.05, 3.63) is 11.9 Å². The van der Waals surface area contributed by atoms with Crippen molar-refractivity contribution in [2.75, 3.05) is 6.54 Å². The highest BCUT2D eigenvalue weighted by molar-refractivity contribution is 5.84. The van der Waals surface area contributed by atoms with Crippen molar-refractivity contribution in [1.82, 2.24) is 20.3 Å². The van der Waals surface area contributed by atoms with Gasteiger partial charge in [0.25, 0.3) is 0 Å². The van der Waals surface area contributed by atoms with Gasteiger partial charge in [0.05, 0.1) is 17.9 Å². The SMILES string of the molecule is CC1(C)CCC(CNC(=O)Cn2cc(C(=O)O)nn2)O1. The standard InChI is InChI=1S/C12H18N4O4/c1-12(2)4-3-8(20-12)5-13-10(17)7-16-6-9(11(18)19)14-15-16/h6,8H,3-5,7H2,1-2H3,(H,13,17)(H,18,19). The molecule has 2 N–H and O–H groups in total. The number of carbonyl (C=O) groups excluding carboxylic acids is 1. The van der Waals surface area contributed by atoms with Gasteiger partial charge in [0.15, 0.2) is 5.69 Å². The summed E-state index contributed by atoms with van der Waals surface area (Å²) in [6.07, 6.45) is 3.13. The lowest BCUT2D eigenvalue weighted by Crippen LogP contribution is -2.35. The second kappa shape index (κ2) is 5.58. The minimum Gasteiger partial charge on any atom is -0.476 e. The summed E-state index contributed by atoms with van der Waals surface area (Å²) in [4.78, 5) is 22.3. The number of carbonyl (C=O) groups is 2. The van der Waals surface area contributed by atoms with E-state index in [0.29, 0.717) is 6.54 Å². The number of carboxylic acids is 1. The summed E-state index contributed by atoms with van der Waals surface area (Å²) in [5.74, 6) is -1.42. The first-order chi connectivity index (χ1) is 9.35. The molecule has 20 heavy (non-hydrogen) atoms. The Morgan fingerprint density at radius 3 is 2.90 bits per heavy atom. The van der Waals surface area contributed by atoms with E-state index in [0.717, 1.165) is 12.8 Å². The second-order valence-corrected chi connectivity index (χ2v) is 5.45. The predicted octanol–water partition coefficient (Wildman–Crippen LogP) is 0.0501. The highest BCUT2D eigenvalue weighted by atomic mass is 16.5. The van der Waals surface area contributed by atoms with Crippen LogP contribution in [0.3, 0.4) is 0 Å². The lowest BCUT2D eigenvalue weighted by molar-refractivity contribution is -0.122. The maximum absolute atomic E-state index is 11.7. The third kappa shape index (κ3) is 3.77. The first kappa shape index (κ1) is 14.4. The van der Waals surface area contributed by atoms with Gasteiger partial charge in [-0.25, -0.2) is 9.48 Å².